The Bertz CT molecular complexity index is 960. The molecule has 12 heteroatoms. The highest BCUT2D eigenvalue weighted by molar-refractivity contribution is 5.76. The first-order valence-electron chi connectivity index (χ1n) is 8.79. The number of aromatic nitrogens is 2. The average Bonchev–Trinajstić information content (AvgIpc) is 2.68. The summed E-state index contributed by atoms with van der Waals surface area (Å²) in [6.07, 6.45) is -7.47. The largest absolute Gasteiger partial charge is 0.421 e. The smallest absolute Gasteiger partial charge is 0.353 e. The Kier molecular flexibility index (Phi) is 5.77. The van der Waals surface area contributed by atoms with E-state index in [0.717, 1.165) is 24.5 Å². The zero-order valence-corrected chi connectivity index (χ0v) is 15.4. The number of halogens is 6. The Morgan fingerprint density at radius 1 is 0.967 bits per heavy atom. The fourth-order valence-corrected chi connectivity index (χ4v) is 3.05. The van der Waals surface area contributed by atoms with Gasteiger partial charge in [-0.05, 0) is 24.3 Å². The van der Waals surface area contributed by atoms with Gasteiger partial charge in [0.05, 0.1) is 5.56 Å². The molecular weight excluding hydrogens is 418 g/mol. The maximum absolute atomic E-state index is 12.8. The molecule has 3 rings (SSSR count). The van der Waals surface area contributed by atoms with Crippen LogP contribution in [0.4, 0.5) is 32.2 Å². The van der Waals surface area contributed by atoms with Crippen LogP contribution >= 0.6 is 0 Å². The topological polar surface area (TPSA) is 58.4 Å². The lowest BCUT2D eigenvalue weighted by molar-refractivity contribution is -0.139. The van der Waals surface area contributed by atoms with Gasteiger partial charge in [0.2, 0.25) is 5.91 Å². The zero-order chi connectivity index (χ0) is 22.1. The zero-order valence-electron chi connectivity index (χ0n) is 15.4. The minimum absolute atomic E-state index is 0.190. The van der Waals surface area contributed by atoms with E-state index in [1.807, 2.05) is 0 Å². The number of carbonyl (C=O) groups excluding carboxylic acids is 1. The van der Waals surface area contributed by atoms with E-state index in [-0.39, 0.29) is 26.2 Å². The fraction of sp³-hybridized carbons (Fsp3) is 0.389. The van der Waals surface area contributed by atoms with E-state index in [0.29, 0.717) is 16.5 Å². The van der Waals surface area contributed by atoms with Crippen LogP contribution in [-0.2, 0) is 23.7 Å². The van der Waals surface area contributed by atoms with Gasteiger partial charge in [0.1, 0.15) is 17.9 Å². The molecule has 1 amide bonds. The van der Waals surface area contributed by atoms with Crippen LogP contribution in [0, 0.1) is 0 Å². The van der Waals surface area contributed by atoms with Gasteiger partial charge < -0.3 is 14.4 Å². The summed E-state index contributed by atoms with van der Waals surface area (Å²) in [6, 6.07) is 3.85. The predicted molar refractivity (Wildman–Crippen MR) is 93.7 cm³/mol. The highest BCUT2D eigenvalue weighted by Crippen LogP contribution is 2.29. The maximum Gasteiger partial charge on any atom is 0.421 e. The van der Waals surface area contributed by atoms with Crippen molar-refractivity contribution in [1.29, 1.82) is 0 Å². The molecule has 0 aliphatic carbocycles. The summed E-state index contributed by atoms with van der Waals surface area (Å²) in [6.45, 7) is 0.398. The molecule has 0 saturated carbocycles. The summed E-state index contributed by atoms with van der Waals surface area (Å²) < 4.78 is 77.0. The first-order chi connectivity index (χ1) is 14.0. The van der Waals surface area contributed by atoms with Crippen LogP contribution in [0.3, 0.4) is 0 Å². The average molecular weight is 434 g/mol. The molecule has 0 atom stereocenters. The number of pyridine rings is 2. The molecular formula is C18H16F6N4O2. The Labute approximate surface area is 166 Å². The molecule has 2 aromatic rings. The summed E-state index contributed by atoms with van der Waals surface area (Å²) in [5, 5.41) is 0. The van der Waals surface area contributed by atoms with Crippen molar-refractivity contribution in [2.75, 3.05) is 31.1 Å². The number of alkyl halides is 6. The van der Waals surface area contributed by atoms with Crippen molar-refractivity contribution < 1.29 is 31.1 Å². The van der Waals surface area contributed by atoms with Gasteiger partial charge >= 0.3 is 12.4 Å². The van der Waals surface area contributed by atoms with Gasteiger partial charge in [-0.25, -0.2) is 4.98 Å². The lowest BCUT2D eigenvalue weighted by Gasteiger charge is -2.35. The number of nitrogens with zero attached hydrogens (tertiary/aromatic N) is 4. The Hall–Kier alpha value is -3.05. The molecule has 1 fully saturated rings. The first-order valence-corrected chi connectivity index (χ1v) is 8.79. The van der Waals surface area contributed by atoms with Crippen LogP contribution in [0.15, 0.2) is 41.5 Å². The summed E-state index contributed by atoms with van der Waals surface area (Å²) in [5.41, 5.74) is -3.52. The fourth-order valence-electron chi connectivity index (χ4n) is 3.05. The number of amides is 1. The minimum atomic E-state index is -4.82. The molecule has 0 radical (unpaired) electrons. The SMILES string of the molecule is O=C(Cn1cccc(C(F)(F)F)c1=O)N1CCN(c2ccc(C(F)(F)F)cn2)CC1. The molecule has 3 heterocycles. The second-order valence-corrected chi connectivity index (χ2v) is 6.62. The molecule has 1 aliphatic heterocycles. The quantitative estimate of drug-likeness (QED) is 0.698. The van der Waals surface area contributed by atoms with Crippen LogP contribution in [0.25, 0.3) is 0 Å². The van der Waals surface area contributed by atoms with Crippen LogP contribution < -0.4 is 10.5 Å². The minimum Gasteiger partial charge on any atom is -0.353 e. The molecule has 6 nitrogen and oxygen atoms in total. The molecule has 0 N–H and O–H groups in total. The van der Waals surface area contributed by atoms with Gasteiger partial charge in [-0.1, -0.05) is 0 Å². The van der Waals surface area contributed by atoms with Gasteiger partial charge in [-0.15, -0.1) is 0 Å². The Morgan fingerprint density at radius 2 is 1.63 bits per heavy atom. The van der Waals surface area contributed by atoms with Gasteiger partial charge in [-0.3, -0.25) is 9.59 Å². The van der Waals surface area contributed by atoms with Crippen LogP contribution in [0.1, 0.15) is 11.1 Å². The molecule has 2 aromatic heterocycles. The monoisotopic (exact) mass is 434 g/mol. The van der Waals surface area contributed by atoms with E-state index in [4.69, 9.17) is 0 Å². The Morgan fingerprint density at radius 3 is 2.17 bits per heavy atom. The number of hydrogen-bond acceptors (Lipinski definition) is 4. The predicted octanol–water partition coefficient (Wildman–Crippen LogP) is 2.63. The van der Waals surface area contributed by atoms with Crippen molar-refractivity contribution >= 4 is 11.7 Å². The molecule has 1 saturated heterocycles. The standard InChI is InChI=1S/C18H16F6N4O2/c19-17(20,21)12-3-4-14(25-10-12)26-6-8-27(9-7-26)15(29)11-28-5-1-2-13(16(28)30)18(22,23)24/h1-5,10H,6-9,11H2. The van der Waals surface area contributed by atoms with Gasteiger partial charge in [0.25, 0.3) is 5.56 Å². The molecule has 162 valence electrons. The van der Waals surface area contributed by atoms with Crippen molar-refractivity contribution in [1.82, 2.24) is 14.5 Å². The molecule has 0 unspecified atom stereocenters. The number of hydrogen-bond donors (Lipinski definition) is 0. The number of piperazine rings is 1. The van der Waals surface area contributed by atoms with Crippen LogP contribution in [0.5, 0.6) is 0 Å². The van der Waals surface area contributed by atoms with Gasteiger partial charge in [0.15, 0.2) is 0 Å². The molecule has 0 spiro atoms. The highest BCUT2D eigenvalue weighted by atomic mass is 19.4. The third-order valence-corrected chi connectivity index (χ3v) is 4.66. The number of rotatable bonds is 3. The van der Waals surface area contributed by atoms with E-state index in [1.54, 1.807) is 4.90 Å². The van der Waals surface area contributed by atoms with Crippen molar-refractivity contribution in [3.05, 3.63) is 58.1 Å². The first kappa shape index (κ1) is 21.7. The van der Waals surface area contributed by atoms with Crippen LogP contribution in [-0.4, -0.2) is 46.5 Å². The van der Waals surface area contributed by atoms with Crippen molar-refractivity contribution in [2.24, 2.45) is 0 Å². The van der Waals surface area contributed by atoms with E-state index in [1.165, 1.54) is 11.0 Å². The van der Waals surface area contributed by atoms with Crippen LogP contribution in [0.2, 0.25) is 0 Å². The van der Waals surface area contributed by atoms with Gasteiger partial charge in [0, 0.05) is 38.6 Å². The highest BCUT2D eigenvalue weighted by Gasteiger charge is 2.35. The lowest BCUT2D eigenvalue weighted by Crippen LogP contribution is -2.50. The molecule has 1 aliphatic rings. The summed E-state index contributed by atoms with van der Waals surface area (Å²) >= 11 is 0. The maximum atomic E-state index is 12.8. The van der Waals surface area contributed by atoms with Gasteiger partial charge in [-0.2, -0.15) is 26.3 Å². The van der Waals surface area contributed by atoms with E-state index < -0.39 is 41.5 Å². The third kappa shape index (κ3) is 4.74. The summed E-state index contributed by atoms with van der Waals surface area (Å²) in [5.74, 6) is -0.208. The van der Waals surface area contributed by atoms with E-state index in [2.05, 4.69) is 4.98 Å². The normalized spacial score (nSPS) is 15.4. The molecule has 0 aromatic carbocycles. The Balaban J connectivity index is 1.62. The second kappa shape index (κ2) is 8.00. The molecule has 30 heavy (non-hydrogen) atoms. The third-order valence-electron chi connectivity index (χ3n) is 4.66. The second-order valence-electron chi connectivity index (χ2n) is 6.62. The lowest BCUT2D eigenvalue weighted by atomic mass is 10.2. The van der Waals surface area contributed by atoms with E-state index >= 15 is 0 Å². The summed E-state index contributed by atoms with van der Waals surface area (Å²) in [4.78, 5) is 31.2. The number of anilines is 1. The van der Waals surface area contributed by atoms with Crippen molar-refractivity contribution in [3.63, 3.8) is 0 Å². The summed E-state index contributed by atoms with van der Waals surface area (Å²) in [7, 11) is 0. The van der Waals surface area contributed by atoms with E-state index in [9.17, 15) is 35.9 Å². The number of carbonyl (C=O) groups is 1. The van der Waals surface area contributed by atoms with Crippen molar-refractivity contribution in [3.8, 4) is 0 Å². The van der Waals surface area contributed by atoms with Crippen molar-refractivity contribution in [2.45, 2.75) is 18.9 Å². The molecule has 0 bridgehead atoms.